The fourth-order valence-corrected chi connectivity index (χ4v) is 8.42. The predicted molar refractivity (Wildman–Crippen MR) is 165 cm³/mol. The minimum absolute atomic E-state index is 0.0503. The van der Waals surface area contributed by atoms with Gasteiger partial charge in [-0.15, -0.1) is 11.8 Å². The summed E-state index contributed by atoms with van der Waals surface area (Å²) in [5.41, 5.74) is -0.0316. The number of hydrogen-bond donors (Lipinski definition) is 2. The van der Waals surface area contributed by atoms with Gasteiger partial charge in [0.25, 0.3) is 5.66 Å². The predicted octanol–water partition coefficient (Wildman–Crippen LogP) is 6.20. The van der Waals surface area contributed by atoms with Gasteiger partial charge in [-0.1, -0.05) is 62.7 Å². The molecule has 0 radical (unpaired) electrons. The standard InChI is InChI=1S/C32H35ClN2O5S/c1-19(36)25-14-15-34-32(25,30(38)39)35(18-31(2,3)4)26-12-10-20(33)16-24(26)29(41-17-28(35)37)23-11-13-27(40-5)22-9-7-6-8-21(22)23/h6-13,16,25,29,34H,14-15,17-18H2,1-5H3/p+1/t25-,29?,32+,35+/m0/s1. The topological polar surface area (TPSA) is 92.7 Å². The largest absolute Gasteiger partial charge is 0.496 e. The van der Waals surface area contributed by atoms with Crippen LogP contribution in [0, 0.1) is 11.3 Å². The van der Waals surface area contributed by atoms with E-state index in [1.54, 1.807) is 19.2 Å². The number of nitrogens with zero attached hydrogens (tertiary/aromatic N) is 1. The van der Waals surface area contributed by atoms with Gasteiger partial charge in [0.2, 0.25) is 0 Å². The lowest BCUT2D eigenvalue weighted by molar-refractivity contribution is -0.166. The molecule has 3 aromatic carbocycles. The first kappa shape index (κ1) is 29.6. The highest BCUT2D eigenvalue weighted by atomic mass is 35.5. The molecule has 9 heteroatoms. The molecule has 5 rings (SSSR count). The summed E-state index contributed by atoms with van der Waals surface area (Å²) in [5.74, 6) is -1.80. The smallest absolute Gasteiger partial charge is 0.384 e. The van der Waals surface area contributed by atoms with Crippen molar-refractivity contribution in [1.82, 2.24) is 9.80 Å². The molecule has 3 aromatic rings. The molecule has 216 valence electrons. The second kappa shape index (κ2) is 10.7. The number of ether oxygens (including phenoxy) is 1. The number of carboxylic acids is 1. The molecule has 0 spiro atoms. The third-order valence-corrected chi connectivity index (χ3v) is 9.85. The van der Waals surface area contributed by atoms with Gasteiger partial charge in [0, 0.05) is 34.0 Å². The lowest BCUT2D eigenvalue weighted by atomic mass is 9.81. The summed E-state index contributed by atoms with van der Waals surface area (Å²) in [4.78, 5) is 41.4. The molecule has 2 N–H and O–H groups in total. The average molecular weight is 596 g/mol. The molecule has 0 bridgehead atoms. The van der Waals surface area contributed by atoms with Gasteiger partial charge in [-0.3, -0.25) is 10.1 Å². The van der Waals surface area contributed by atoms with E-state index in [0.717, 1.165) is 27.6 Å². The number of amides is 1. The van der Waals surface area contributed by atoms with Crippen LogP contribution in [0.2, 0.25) is 5.02 Å². The number of rotatable bonds is 6. The van der Waals surface area contributed by atoms with Crippen LogP contribution in [0.5, 0.6) is 5.75 Å². The van der Waals surface area contributed by atoms with Gasteiger partial charge in [-0.2, -0.15) is 4.48 Å². The van der Waals surface area contributed by atoms with Crippen molar-refractivity contribution in [2.24, 2.45) is 11.3 Å². The van der Waals surface area contributed by atoms with E-state index in [9.17, 15) is 19.5 Å². The number of quaternary nitrogens is 1. The highest BCUT2D eigenvalue weighted by Gasteiger charge is 2.71. The molecule has 7 nitrogen and oxygen atoms in total. The van der Waals surface area contributed by atoms with Crippen molar-refractivity contribution < 1.29 is 24.2 Å². The molecular formula is C32H36ClN2O5S+. The van der Waals surface area contributed by atoms with Gasteiger partial charge in [-0.25, -0.2) is 9.59 Å². The Balaban J connectivity index is 1.88. The first-order valence-electron chi connectivity index (χ1n) is 13.7. The summed E-state index contributed by atoms with van der Waals surface area (Å²) < 4.78 is 5.13. The number of carbonyl (C=O) groups excluding carboxylic acids is 2. The molecule has 1 unspecified atom stereocenters. The van der Waals surface area contributed by atoms with E-state index in [0.29, 0.717) is 23.7 Å². The molecule has 1 fully saturated rings. The van der Waals surface area contributed by atoms with Gasteiger partial charge in [-0.05, 0) is 42.5 Å². The van der Waals surface area contributed by atoms with Crippen molar-refractivity contribution >= 4 is 57.5 Å². The number of halogens is 1. The van der Waals surface area contributed by atoms with Crippen molar-refractivity contribution in [3.05, 3.63) is 70.7 Å². The maximum absolute atomic E-state index is 14.8. The number of nitrogens with one attached hydrogen (secondary N) is 1. The number of ketones is 1. The number of benzene rings is 3. The van der Waals surface area contributed by atoms with E-state index in [-0.39, 0.29) is 29.2 Å². The van der Waals surface area contributed by atoms with E-state index in [2.05, 4.69) is 5.32 Å². The molecule has 41 heavy (non-hydrogen) atoms. The Labute approximate surface area is 249 Å². The molecular weight excluding hydrogens is 560 g/mol. The van der Waals surface area contributed by atoms with Crippen LogP contribution in [0.15, 0.2) is 54.6 Å². The van der Waals surface area contributed by atoms with Crippen LogP contribution < -0.4 is 14.5 Å². The SMILES string of the molecule is COc1ccc(C2SCC(=O)[N@+](CC(C)(C)C)([C@]3(C(=O)O)NCC[C@H]3C(C)=O)c3ccc(Cl)cc32)c2ccccc12. The lowest BCUT2D eigenvalue weighted by Crippen LogP contribution is -2.81. The molecule has 0 saturated carbocycles. The zero-order chi connectivity index (χ0) is 29.7. The highest BCUT2D eigenvalue weighted by molar-refractivity contribution is 8.00. The molecule has 1 amide bonds. The Kier molecular flexibility index (Phi) is 7.74. The number of aliphatic carboxylic acids is 1. The first-order valence-corrected chi connectivity index (χ1v) is 15.2. The molecule has 2 heterocycles. The first-order chi connectivity index (χ1) is 19.4. The molecule has 2 aliphatic rings. The number of Topliss-reactive ketones (excluding diaryl/α,β-unsaturated/α-hetero) is 1. The van der Waals surface area contributed by atoms with E-state index in [4.69, 9.17) is 16.3 Å². The summed E-state index contributed by atoms with van der Waals surface area (Å²) >= 11 is 8.10. The zero-order valence-corrected chi connectivity index (χ0v) is 25.6. The fraction of sp³-hybridized carbons (Fsp3) is 0.406. The Morgan fingerprint density at radius 2 is 1.83 bits per heavy atom. The molecule has 0 aliphatic carbocycles. The number of carboxylic acid groups (broad SMARTS) is 1. The Morgan fingerprint density at radius 1 is 1.12 bits per heavy atom. The van der Waals surface area contributed by atoms with Gasteiger partial charge in [0.05, 0.1) is 18.9 Å². The van der Waals surface area contributed by atoms with Crippen LogP contribution in [0.1, 0.15) is 50.5 Å². The van der Waals surface area contributed by atoms with E-state index in [1.165, 1.54) is 18.7 Å². The van der Waals surface area contributed by atoms with Gasteiger partial charge in [0.1, 0.15) is 28.9 Å². The number of methoxy groups -OCH3 is 1. The highest BCUT2D eigenvalue weighted by Crippen LogP contribution is 2.54. The second-order valence-electron chi connectivity index (χ2n) is 12.2. The maximum Gasteiger partial charge on any atom is 0.384 e. The van der Waals surface area contributed by atoms with Gasteiger partial charge < -0.3 is 9.84 Å². The summed E-state index contributed by atoms with van der Waals surface area (Å²) in [7, 11) is 1.64. The summed E-state index contributed by atoms with van der Waals surface area (Å²) in [6, 6.07) is 17.3. The molecule has 0 aromatic heterocycles. The minimum atomic E-state index is -1.86. The lowest BCUT2D eigenvalue weighted by Gasteiger charge is -2.50. The van der Waals surface area contributed by atoms with Crippen molar-refractivity contribution in [2.45, 2.75) is 45.0 Å². The number of thioether (sulfide) groups is 1. The van der Waals surface area contributed by atoms with Crippen LogP contribution in [0.4, 0.5) is 5.69 Å². The quantitative estimate of drug-likeness (QED) is 0.328. The van der Waals surface area contributed by atoms with Gasteiger partial charge >= 0.3 is 11.9 Å². The molecule has 4 atom stereocenters. The van der Waals surface area contributed by atoms with Gasteiger partial charge in [0.15, 0.2) is 0 Å². The van der Waals surface area contributed by atoms with Crippen LogP contribution in [-0.4, -0.2) is 54.4 Å². The Morgan fingerprint density at radius 3 is 2.46 bits per heavy atom. The average Bonchev–Trinajstić information content (AvgIpc) is 3.34. The number of hydrogen-bond acceptors (Lipinski definition) is 6. The summed E-state index contributed by atoms with van der Waals surface area (Å²) in [5, 5.41) is 16.3. The second-order valence-corrected chi connectivity index (χ2v) is 13.7. The normalized spacial score (nSPS) is 26.4. The Hall–Kier alpha value is -2.91. The zero-order valence-electron chi connectivity index (χ0n) is 24.0. The number of fused-ring (bicyclic) bond motifs is 2. The van der Waals surface area contributed by atoms with E-state index in [1.807, 2.05) is 63.2 Å². The van der Waals surface area contributed by atoms with Crippen LogP contribution >= 0.6 is 23.4 Å². The van der Waals surface area contributed by atoms with Crippen LogP contribution in [0.25, 0.3) is 10.8 Å². The fourth-order valence-electron chi connectivity index (χ4n) is 6.95. The molecule has 2 aliphatic heterocycles. The van der Waals surface area contributed by atoms with Crippen molar-refractivity contribution in [2.75, 3.05) is 26.0 Å². The third kappa shape index (κ3) is 4.65. The summed E-state index contributed by atoms with van der Waals surface area (Å²) in [6.07, 6.45) is 0.335. The van der Waals surface area contributed by atoms with Crippen molar-refractivity contribution in [3.8, 4) is 5.75 Å². The summed E-state index contributed by atoms with van der Waals surface area (Å²) in [6.45, 7) is 7.91. The monoisotopic (exact) mass is 595 g/mol. The maximum atomic E-state index is 14.8. The van der Waals surface area contributed by atoms with Crippen molar-refractivity contribution in [3.63, 3.8) is 0 Å². The number of carbonyl (C=O) groups is 3. The van der Waals surface area contributed by atoms with E-state index >= 15 is 0 Å². The molecule has 1 saturated heterocycles. The van der Waals surface area contributed by atoms with E-state index < -0.39 is 27.4 Å². The van der Waals surface area contributed by atoms with Crippen LogP contribution in [0.3, 0.4) is 0 Å². The minimum Gasteiger partial charge on any atom is -0.496 e. The van der Waals surface area contributed by atoms with Crippen molar-refractivity contribution in [1.29, 1.82) is 0 Å². The van der Waals surface area contributed by atoms with Crippen LogP contribution in [-0.2, 0) is 14.4 Å². The Bertz CT molecular complexity index is 1550. The third-order valence-electron chi connectivity index (χ3n) is 8.36.